The second kappa shape index (κ2) is 12.3. The number of para-hydroxylation sites is 2. The van der Waals surface area contributed by atoms with Crippen LogP contribution in [-0.2, 0) is 13.1 Å². The fraction of sp³-hybridized carbons (Fsp3) is 0.333. The fourth-order valence-electron chi connectivity index (χ4n) is 4.29. The van der Waals surface area contributed by atoms with Gasteiger partial charge in [-0.3, -0.25) is 4.79 Å². The third-order valence-corrected chi connectivity index (χ3v) is 6.64. The number of aryl methyl sites for hydroxylation is 1. The molecule has 3 aromatic carbocycles. The minimum Gasteiger partial charge on any atom is -0.494 e. The zero-order chi connectivity index (χ0) is 26.2. The number of benzene rings is 3. The van der Waals surface area contributed by atoms with Crippen LogP contribution in [0.3, 0.4) is 0 Å². The predicted octanol–water partition coefficient (Wildman–Crippen LogP) is 5.97. The Kier molecular flexibility index (Phi) is 8.67. The molecule has 1 amide bonds. The van der Waals surface area contributed by atoms with Crippen LogP contribution in [0, 0.1) is 0 Å². The number of ether oxygens (including phenoxy) is 3. The van der Waals surface area contributed by atoms with Crippen molar-refractivity contribution < 1.29 is 19.0 Å². The highest BCUT2D eigenvalue weighted by Crippen LogP contribution is 2.27. The molecule has 1 atom stereocenters. The monoisotopic (exact) mass is 501 g/mol. The highest BCUT2D eigenvalue weighted by atomic mass is 16.5. The Morgan fingerprint density at radius 2 is 1.76 bits per heavy atom. The third kappa shape index (κ3) is 6.23. The highest BCUT2D eigenvalue weighted by Gasteiger charge is 2.14. The number of fused-ring (bicyclic) bond motifs is 1. The van der Waals surface area contributed by atoms with Crippen molar-refractivity contribution in [2.24, 2.45) is 0 Å². The molecule has 0 bridgehead atoms. The first kappa shape index (κ1) is 26.1. The molecule has 0 spiro atoms. The molecule has 4 aromatic rings. The molecular formula is C30H35N3O4. The molecule has 4 rings (SSSR count). The quantitative estimate of drug-likeness (QED) is 0.242. The van der Waals surface area contributed by atoms with Gasteiger partial charge in [0.05, 0.1) is 38.4 Å². The SMILES string of the molecule is CCC(C)c1ccc(OCCCn2c(CNC(=O)c3ccc(OC)c(OC)c3)nc3ccccc32)cc1. The minimum absolute atomic E-state index is 0.205. The number of aromatic nitrogens is 2. The van der Waals surface area contributed by atoms with Crippen LogP contribution in [0.2, 0.25) is 0 Å². The number of rotatable bonds is 12. The first-order valence-electron chi connectivity index (χ1n) is 12.7. The lowest BCUT2D eigenvalue weighted by Crippen LogP contribution is -2.25. The van der Waals surface area contributed by atoms with E-state index in [2.05, 4.69) is 41.9 Å². The van der Waals surface area contributed by atoms with Gasteiger partial charge < -0.3 is 24.1 Å². The van der Waals surface area contributed by atoms with Gasteiger partial charge in [0, 0.05) is 12.1 Å². The van der Waals surface area contributed by atoms with Gasteiger partial charge >= 0.3 is 0 Å². The van der Waals surface area contributed by atoms with Gasteiger partial charge in [-0.1, -0.05) is 38.1 Å². The molecule has 0 saturated carbocycles. The number of imidazole rings is 1. The average molecular weight is 502 g/mol. The molecule has 0 saturated heterocycles. The van der Waals surface area contributed by atoms with E-state index in [1.54, 1.807) is 32.4 Å². The molecule has 194 valence electrons. The van der Waals surface area contributed by atoms with Gasteiger partial charge in [0.2, 0.25) is 0 Å². The third-order valence-electron chi connectivity index (χ3n) is 6.64. The molecule has 7 heteroatoms. The molecule has 0 aliphatic heterocycles. The van der Waals surface area contributed by atoms with E-state index in [1.165, 1.54) is 5.56 Å². The summed E-state index contributed by atoms with van der Waals surface area (Å²) < 4.78 is 18.7. The van der Waals surface area contributed by atoms with Crippen LogP contribution in [-0.4, -0.2) is 36.3 Å². The van der Waals surface area contributed by atoms with Crippen LogP contribution in [0.15, 0.2) is 66.7 Å². The van der Waals surface area contributed by atoms with E-state index in [4.69, 9.17) is 19.2 Å². The molecule has 0 fully saturated rings. The Morgan fingerprint density at radius 3 is 2.49 bits per heavy atom. The lowest BCUT2D eigenvalue weighted by Gasteiger charge is -2.13. The summed E-state index contributed by atoms with van der Waals surface area (Å²) in [5, 5.41) is 2.99. The number of nitrogens with zero attached hydrogens (tertiary/aromatic N) is 2. The molecule has 1 unspecified atom stereocenters. The van der Waals surface area contributed by atoms with Gasteiger partial charge in [0.1, 0.15) is 11.6 Å². The predicted molar refractivity (Wildman–Crippen MR) is 146 cm³/mol. The van der Waals surface area contributed by atoms with E-state index in [9.17, 15) is 4.79 Å². The van der Waals surface area contributed by atoms with Gasteiger partial charge in [-0.15, -0.1) is 0 Å². The highest BCUT2D eigenvalue weighted by molar-refractivity contribution is 5.94. The molecule has 0 aliphatic carbocycles. The van der Waals surface area contributed by atoms with Crippen LogP contribution in [0.4, 0.5) is 0 Å². The number of carbonyl (C=O) groups is 1. The van der Waals surface area contributed by atoms with Gasteiger partial charge in [-0.25, -0.2) is 4.98 Å². The van der Waals surface area contributed by atoms with Crippen LogP contribution < -0.4 is 19.5 Å². The van der Waals surface area contributed by atoms with E-state index in [0.29, 0.717) is 36.1 Å². The maximum atomic E-state index is 12.9. The van der Waals surface area contributed by atoms with Crippen molar-refractivity contribution in [1.29, 1.82) is 0 Å². The summed E-state index contributed by atoms with van der Waals surface area (Å²) in [6.07, 6.45) is 1.93. The first-order valence-corrected chi connectivity index (χ1v) is 12.7. The van der Waals surface area contributed by atoms with Crippen molar-refractivity contribution in [2.45, 2.75) is 45.7 Å². The smallest absolute Gasteiger partial charge is 0.251 e. The molecule has 1 aromatic heterocycles. The first-order chi connectivity index (χ1) is 18.0. The molecule has 1 heterocycles. The standard InChI is InChI=1S/C30H35N3O4/c1-5-21(2)22-11-14-24(15-12-22)37-18-8-17-33-26-10-7-6-9-25(26)32-29(33)20-31-30(34)23-13-16-27(35-3)28(19-23)36-4/h6-7,9-16,19,21H,5,8,17-18,20H2,1-4H3,(H,31,34). The van der Waals surface area contributed by atoms with Crippen molar-refractivity contribution >= 4 is 16.9 Å². The Hall–Kier alpha value is -4.00. The second-order valence-electron chi connectivity index (χ2n) is 9.00. The number of nitrogens with one attached hydrogen (secondary N) is 1. The van der Waals surface area contributed by atoms with Crippen LogP contribution >= 0.6 is 0 Å². The number of hydrogen-bond donors (Lipinski definition) is 1. The Morgan fingerprint density at radius 1 is 1.00 bits per heavy atom. The number of carbonyl (C=O) groups excluding carboxylic acids is 1. The van der Waals surface area contributed by atoms with Crippen molar-refractivity contribution in [2.75, 3.05) is 20.8 Å². The minimum atomic E-state index is -0.205. The van der Waals surface area contributed by atoms with Gasteiger partial charge in [0.15, 0.2) is 11.5 Å². The Balaban J connectivity index is 1.39. The van der Waals surface area contributed by atoms with E-state index in [1.807, 2.05) is 30.3 Å². The van der Waals surface area contributed by atoms with Crippen LogP contribution in [0.5, 0.6) is 17.2 Å². The molecule has 0 aliphatic rings. The fourth-order valence-corrected chi connectivity index (χ4v) is 4.29. The van der Waals surface area contributed by atoms with Crippen LogP contribution in [0.25, 0.3) is 11.0 Å². The maximum Gasteiger partial charge on any atom is 0.251 e. The van der Waals surface area contributed by atoms with E-state index in [0.717, 1.165) is 42.0 Å². The van der Waals surface area contributed by atoms with Crippen molar-refractivity contribution in [1.82, 2.24) is 14.9 Å². The molecular weight excluding hydrogens is 466 g/mol. The normalized spacial score (nSPS) is 11.8. The average Bonchev–Trinajstić information content (AvgIpc) is 3.30. The van der Waals surface area contributed by atoms with Crippen molar-refractivity contribution in [3.05, 3.63) is 83.7 Å². The molecule has 0 radical (unpaired) electrons. The van der Waals surface area contributed by atoms with E-state index < -0.39 is 0 Å². The largest absolute Gasteiger partial charge is 0.494 e. The van der Waals surface area contributed by atoms with Gasteiger partial charge in [-0.2, -0.15) is 0 Å². The summed E-state index contributed by atoms with van der Waals surface area (Å²) >= 11 is 0. The summed E-state index contributed by atoms with van der Waals surface area (Å²) in [5.41, 5.74) is 3.77. The molecule has 37 heavy (non-hydrogen) atoms. The molecule has 7 nitrogen and oxygen atoms in total. The molecule has 1 N–H and O–H groups in total. The topological polar surface area (TPSA) is 74.6 Å². The zero-order valence-corrected chi connectivity index (χ0v) is 22.0. The lowest BCUT2D eigenvalue weighted by molar-refractivity contribution is 0.0949. The summed E-state index contributed by atoms with van der Waals surface area (Å²) in [5.74, 6) is 3.11. The van der Waals surface area contributed by atoms with E-state index in [-0.39, 0.29) is 5.91 Å². The number of methoxy groups -OCH3 is 2. The second-order valence-corrected chi connectivity index (χ2v) is 9.00. The van der Waals surface area contributed by atoms with Crippen molar-refractivity contribution in [3.63, 3.8) is 0 Å². The van der Waals surface area contributed by atoms with Gasteiger partial charge in [-0.05, 0) is 66.8 Å². The van der Waals surface area contributed by atoms with Crippen LogP contribution in [0.1, 0.15) is 54.4 Å². The summed E-state index contributed by atoms with van der Waals surface area (Å²) in [6, 6.07) is 21.5. The summed E-state index contributed by atoms with van der Waals surface area (Å²) in [7, 11) is 3.12. The van der Waals surface area contributed by atoms with E-state index >= 15 is 0 Å². The Labute approximate surface area is 218 Å². The lowest BCUT2D eigenvalue weighted by atomic mass is 9.99. The van der Waals surface area contributed by atoms with Gasteiger partial charge in [0.25, 0.3) is 5.91 Å². The maximum absolute atomic E-state index is 12.9. The Bertz CT molecular complexity index is 1330. The number of amides is 1. The summed E-state index contributed by atoms with van der Waals surface area (Å²) in [6.45, 7) is 6.06. The van der Waals surface area contributed by atoms with Crippen molar-refractivity contribution in [3.8, 4) is 17.2 Å². The summed E-state index contributed by atoms with van der Waals surface area (Å²) in [4.78, 5) is 17.6. The zero-order valence-electron chi connectivity index (χ0n) is 22.0. The number of hydrogen-bond acceptors (Lipinski definition) is 5.